The molecule has 5 heterocycles. The minimum atomic E-state index is -0.635. The number of anilines is 1. The fourth-order valence-electron chi connectivity index (χ4n) is 5.25. The van der Waals surface area contributed by atoms with Crippen molar-refractivity contribution >= 4 is 28.3 Å². The third-order valence-electron chi connectivity index (χ3n) is 7.19. The highest BCUT2D eigenvalue weighted by Gasteiger charge is 2.33. The van der Waals surface area contributed by atoms with E-state index in [1.165, 1.54) is 0 Å². The third-order valence-corrected chi connectivity index (χ3v) is 7.19. The van der Waals surface area contributed by atoms with E-state index in [9.17, 15) is 4.79 Å². The minimum Gasteiger partial charge on any atom is -0.452 e. The molecule has 0 spiro atoms. The Balaban J connectivity index is 1.37. The summed E-state index contributed by atoms with van der Waals surface area (Å²) in [6, 6.07) is 4.21. The summed E-state index contributed by atoms with van der Waals surface area (Å²) in [7, 11) is 0. The molecule has 0 bridgehead atoms. The van der Waals surface area contributed by atoms with Crippen molar-refractivity contribution < 1.29 is 9.21 Å². The number of hydrogen-bond acceptors (Lipinski definition) is 7. The Bertz CT molecular complexity index is 1490. The highest BCUT2D eigenvalue weighted by atomic mass is 16.3. The number of pyridine rings is 2. The molecule has 1 aliphatic heterocycles. The Morgan fingerprint density at radius 3 is 2.77 bits per heavy atom. The highest BCUT2D eigenvalue weighted by molar-refractivity contribution is 6.00. The van der Waals surface area contributed by atoms with E-state index < -0.39 is 5.54 Å². The number of nitrogen functional groups attached to an aromatic ring is 1. The van der Waals surface area contributed by atoms with E-state index in [1.807, 2.05) is 47.1 Å². The van der Waals surface area contributed by atoms with Crippen LogP contribution < -0.4 is 11.5 Å². The van der Waals surface area contributed by atoms with Gasteiger partial charge in [0, 0.05) is 72.5 Å². The number of furan rings is 1. The molecule has 178 valence electrons. The number of fused-ring (bicyclic) bond motifs is 2. The summed E-state index contributed by atoms with van der Waals surface area (Å²) in [6.45, 7) is 5.08. The van der Waals surface area contributed by atoms with E-state index in [1.54, 1.807) is 25.5 Å². The Hall–Kier alpha value is -3.98. The minimum absolute atomic E-state index is 0.127. The average Bonchev–Trinajstić information content (AvgIpc) is 3.57. The Kier molecular flexibility index (Phi) is 4.79. The molecule has 4 N–H and O–H groups in total. The topological polar surface area (TPSA) is 129 Å². The maximum Gasteiger partial charge on any atom is 0.219 e. The van der Waals surface area contributed by atoms with Gasteiger partial charge in [0.25, 0.3) is 0 Å². The van der Waals surface area contributed by atoms with Gasteiger partial charge in [0.05, 0.1) is 17.8 Å². The summed E-state index contributed by atoms with van der Waals surface area (Å²) in [6.07, 6.45) is 13.0. The first-order valence-corrected chi connectivity index (χ1v) is 11.8. The first-order chi connectivity index (χ1) is 16.8. The van der Waals surface area contributed by atoms with E-state index in [-0.39, 0.29) is 11.9 Å². The number of likely N-dealkylation sites (tertiary alicyclic amines) is 1. The molecule has 0 radical (unpaired) electrons. The van der Waals surface area contributed by atoms with Crippen molar-refractivity contribution in [2.24, 2.45) is 5.73 Å². The zero-order chi connectivity index (χ0) is 24.3. The van der Waals surface area contributed by atoms with Gasteiger partial charge in [0.1, 0.15) is 5.76 Å². The number of carbonyl (C=O) groups excluding carboxylic acids is 1. The fourth-order valence-corrected chi connectivity index (χ4v) is 5.25. The van der Waals surface area contributed by atoms with Crippen LogP contribution in [-0.4, -0.2) is 43.6 Å². The summed E-state index contributed by atoms with van der Waals surface area (Å²) in [4.78, 5) is 22.2. The van der Waals surface area contributed by atoms with Crippen LogP contribution in [0.3, 0.4) is 0 Å². The molecule has 0 aromatic carbocycles. The van der Waals surface area contributed by atoms with Gasteiger partial charge in [-0.25, -0.2) is 4.98 Å². The lowest BCUT2D eigenvalue weighted by atomic mass is 9.98. The highest BCUT2D eigenvalue weighted by Crippen LogP contribution is 2.43. The number of rotatable bonds is 3. The lowest BCUT2D eigenvalue weighted by molar-refractivity contribution is -0.130. The second-order valence-corrected chi connectivity index (χ2v) is 9.62. The summed E-state index contributed by atoms with van der Waals surface area (Å²) in [5, 5.41) is 5.51. The van der Waals surface area contributed by atoms with Crippen molar-refractivity contribution in [2.45, 2.75) is 38.3 Å². The molecule has 4 aromatic rings. The number of piperidine rings is 1. The lowest BCUT2D eigenvalue weighted by Crippen LogP contribution is -2.37. The molecule has 1 fully saturated rings. The Morgan fingerprint density at radius 2 is 2.00 bits per heavy atom. The van der Waals surface area contributed by atoms with Crippen molar-refractivity contribution in [3.05, 3.63) is 66.1 Å². The molecular formula is C26H27N7O2. The maximum absolute atomic E-state index is 11.6. The monoisotopic (exact) mass is 469 g/mol. The number of nitrogens with two attached hydrogens (primary N) is 2. The van der Waals surface area contributed by atoms with Gasteiger partial charge in [0.15, 0.2) is 11.4 Å². The molecule has 1 atom stereocenters. The van der Waals surface area contributed by atoms with Gasteiger partial charge in [-0.1, -0.05) is 0 Å². The fraction of sp³-hybridized carbons (Fsp3) is 0.308. The van der Waals surface area contributed by atoms with Gasteiger partial charge in [0.2, 0.25) is 5.91 Å². The first kappa shape index (κ1) is 21.5. The standard InChI is InChI=1S/C26H27N7O2/c1-15(34)32-7-4-17(5-8-32)33-14-16(11-31-33)21-12-30-25(27)24-19(21)9-23(35-24)20-10-26(2,28)22-13-29-6-3-18(20)22/h3,6,9-14,17H,4-5,7-8,28H2,1-2H3,(H2,27,30). The van der Waals surface area contributed by atoms with E-state index in [2.05, 4.69) is 15.1 Å². The van der Waals surface area contributed by atoms with E-state index in [0.717, 1.165) is 59.1 Å². The predicted molar refractivity (Wildman–Crippen MR) is 133 cm³/mol. The predicted octanol–water partition coefficient (Wildman–Crippen LogP) is 3.47. The van der Waals surface area contributed by atoms with Crippen LogP contribution >= 0.6 is 0 Å². The smallest absolute Gasteiger partial charge is 0.219 e. The van der Waals surface area contributed by atoms with E-state index in [0.29, 0.717) is 17.2 Å². The molecule has 1 unspecified atom stereocenters. The molecule has 1 saturated heterocycles. The van der Waals surface area contributed by atoms with Gasteiger partial charge >= 0.3 is 0 Å². The Morgan fingerprint density at radius 1 is 1.20 bits per heavy atom. The van der Waals surface area contributed by atoms with Crippen LogP contribution in [0.1, 0.15) is 49.6 Å². The number of hydrogen-bond donors (Lipinski definition) is 2. The van der Waals surface area contributed by atoms with Crippen molar-refractivity contribution in [1.82, 2.24) is 24.6 Å². The maximum atomic E-state index is 11.6. The van der Waals surface area contributed by atoms with Crippen LogP contribution in [0.2, 0.25) is 0 Å². The van der Waals surface area contributed by atoms with Crippen LogP contribution in [0.5, 0.6) is 0 Å². The molecule has 1 aliphatic carbocycles. The summed E-state index contributed by atoms with van der Waals surface area (Å²) >= 11 is 0. The average molecular weight is 470 g/mol. The van der Waals surface area contributed by atoms with Gasteiger partial charge in [-0.2, -0.15) is 5.10 Å². The SMILES string of the molecule is CC(=O)N1CCC(n2cc(-c3cnc(N)c4oc(C5=CC(C)(N)c6cnccc65)cc34)cn2)CC1. The second kappa shape index (κ2) is 7.78. The normalized spacial score (nSPS) is 20.3. The van der Waals surface area contributed by atoms with Crippen LogP contribution in [0.15, 0.2) is 53.6 Å². The molecule has 4 aromatic heterocycles. The summed E-state index contributed by atoms with van der Waals surface area (Å²) in [5.74, 6) is 1.15. The van der Waals surface area contributed by atoms with Crippen molar-refractivity contribution in [2.75, 3.05) is 18.8 Å². The van der Waals surface area contributed by atoms with Crippen LogP contribution in [-0.2, 0) is 10.3 Å². The Labute approximate surface area is 202 Å². The first-order valence-electron chi connectivity index (χ1n) is 11.8. The number of carbonyl (C=O) groups is 1. The third kappa shape index (κ3) is 3.50. The zero-order valence-corrected chi connectivity index (χ0v) is 19.7. The van der Waals surface area contributed by atoms with Crippen molar-refractivity contribution in [3.8, 4) is 11.1 Å². The molecule has 2 aliphatic rings. The van der Waals surface area contributed by atoms with Crippen LogP contribution in [0.4, 0.5) is 5.82 Å². The molecule has 35 heavy (non-hydrogen) atoms. The molecule has 6 rings (SSSR count). The molecular weight excluding hydrogens is 442 g/mol. The molecule has 9 heteroatoms. The molecule has 9 nitrogen and oxygen atoms in total. The lowest BCUT2D eigenvalue weighted by Gasteiger charge is -2.31. The van der Waals surface area contributed by atoms with Crippen molar-refractivity contribution in [3.63, 3.8) is 0 Å². The van der Waals surface area contributed by atoms with E-state index >= 15 is 0 Å². The second-order valence-electron chi connectivity index (χ2n) is 9.62. The zero-order valence-electron chi connectivity index (χ0n) is 19.7. The van der Waals surface area contributed by atoms with Crippen LogP contribution in [0, 0.1) is 0 Å². The van der Waals surface area contributed by atoms with Gasteiger partial charge in [-0.05, 0) is 43.5 Å². The molecule has 0 saturated carbocycles. The summed E-state index contributed by atoms with van der Waals surface area (Å²) in [5.41, 5.74) is 17.4. The number of amides is 1. The molecule has 1 amide bonds. The van der Waals surface area contributed by atoms with Crippen molar-refractivity contribution in [1.29, 1.82) is 0 Å². The summed E-state index contributed by atoms with van der Waals surface area (Å²) < 4.78 is 8.25. The van der Waals surface area contributed by atoms with Gasteiger partial charge in [-0.15, -0.1) is 0 Å². The van der Waals surface area contributed by atoms with E-state index in [4.69, 9.17) is 15.9 Å². The quantitative estimate of drug-likeness (QED) is 0.470. The van der Waals surface area contributed by atoms with Gasteiger partial charge in [-0.3, -0.25) is 14.5 Å². The number of aromatic nitrogens is 4. The van der Waals surface area contributed by atoms with Gasteiger partial charge < -0.3 is 20.8 Å². The number of nitrogens with zero attached hydrogens (tertiary/aromatic N) is 5. The largest absolute Gasteiger partial charge is 0.452 e. The van der Waals surface area contributed by atoms with Crippen LogP contribution in [0.25, 0.3) is 27.7 Å².